The summed E-state index contributed by atoms with van der Waals surface area (Å²) in [5.74, 6) is -3.55. The van der Waals surface area contributed by atoms with E-state index in [1.165, 1.54) is 24.3 Å². The Morgan fingerprint density at radius 3 is 1.93 bits per heavy atom. The summed E-state index contributed by atoms with van der Waals surface area (Å²) >= 11 is 0. The second-order valence-corrected chi connectivity index (χ2v) is 8.97. The minimum atomic E-state index is -1.03. The molecule has 0 aliphatic heterocycles. The van der Waals surface area contributed by atoms with Gasteiger partial charge in [-0.1, -0.05) is 0 Å². The van der Waals surface area contributed by atoms with Crippen LogP contribution in [0.4, 0.5) is 5.69 Å². The normalized spacial score (nSPS) is 17.2. The number of benzene rings is 1. The van der Waals surface area contributed by atoms with Crippen molar-refractivity contribution >= 4 is 28.6 Å². The van der Waals surface area contributed by atoms with Crippen LogP contribution in [0.3, 0.4) is 0 Å². The molecule has 0 fully saturated rings. The summed E-state index contributed by atoms with van der Waals surface area (Å²) < 4.78 is 10.6. The summed E-state index contributed by atoms with van der Waals surface area (Å²) in [7, 11) is 0. The second kappa shape index (κ2) is 14.6. The fourth-order valence-electron chi connectivity index (χ4n) is 4.53. The van der Waals surface area contributed by atoms with Gasteiger partial charge in [-0.05, 0) is 38.1 Å². The average molecular weight is 557 g/mol. The molecule has 0 unspecified atom stereocenters. The van der Waals surface area contributed by atoms with E-state index in [1.54, 1.807) is 12.1 Å². The number of rotatable bonds is 15. The Labute approximate surface area is 232 Å². The van der Waals surface area contributed by atoms with Gasteiger partial charge in [0.05, 0.1) is 50.8 Å². The minimum absolute atomic E-state index is 0.0220. The number of anilines is 1. The number of ketones is 3. The van der Waals surface area contributed by atoms with Crippen molar-refractivity contribution in [1.29, 1.82) is 0 Å². The van der Waals surface area contributed by atoms with Gasteiger partial charge in [-0.25, -0.2) is 0 Å². The van der Waals surface area contributed by atoms with Crippen LogP contribution >= 0.6 is 0 Å². The number of ether oxygens (including phenoxy) is 2. The molecule has 0 spiro atoms. The van der Waals surface area contributed by atoms with Gasteiger partial charge in [-0.3, -0.25) is 14.4 Å². The van der Waals surface area contributed by atoms with Crippen molar-refractivity contribution in [2.45, 2.75) is 13.8 Å². The number of aliphatic hydroxyl groups is 3. The first-order valence-corrected chi connectivity index (χ1v) is 13.2. The first-order chi connectivity index (χ1) is 19.3. The summed E-state index contributed by atoms with van der Waals surface area (Å²) in [6, 6.07) is 4.52. The fourth-order valence-corrected chi connectivity index (χ4v) is 4.53. The Morgan fingerprint density at radius 1 is 0.775 bits per heavy atom. The molecule has 0 atom stereocenters. The van der Waals surface area contributed by atoms with Crippen molar-refractivity contribution in [1.82, 2.24) is 4.90 Å². The minimum Gasteiger partial charge on any atom is -0.507 e. The Bertz CT molecular complexity index is 1250. The lowest BCUT2D eigenvalue weighted by Crippen LogP contribution is -2.28. The number of phenols is 1. The fraction of sp³-hybridized carbons (Fsp3) is 0.414. The van der Waals surface area contributed by atoms with Gasteiger partial charge in [-0.15, -0.1) is 0 Å². The highest BCUT2D eigenvalue weighted by Crippen LogP contribution is 2.39. The smallest absolute Gasteiger partial charge is 0.238 e. The lowest BCUT2D eigenvalue weighted by molar-refractivity contribution is -0.130. The zero-order chi connectivity index (χ0) is 29.2. The Kier molecular flexibility index (Phi) is 11.2. The molecular weight excluding hydrogens is 520 g/mol. The van der Waals surface area contributed by atoms with Crippen LogP contribution in [0.2, 0.25) is 0 Å². The lowest BCUT2D eigenvalue weighted by atomic mass is 9.96. The largest absolute Gasteiger partial charge is 0.507 e. The molecule has 4 N–H and O–H groups in total. The molecule has 1 aromatic rings. The number of phenolic OH excluding ortho intramolecular Hbond substituents is 1. The van der Waals surface area contributed by atoms with Crippen molar-refractivity contribution in [3.63, 3.8) is 0 Å². The third-order valence-corrected chi connectivity index (χ3v) is 6.60. The number of carbonyl (C=O) groups excluding carboxylic acids is 3. The average Bonchev–Trinajstić information content (AvgIpc) is 3.16. The predicted molar refractivity (Wildman–Crippen MR) is 148 cm³/mol. The molecule has 1 aromatic carbocycles. The van der Waals surface area contributed by atoms with Gasteiger partial charge in [0.25, 0.3) is 0 Å². The van der Waals surface area contributed by atoms with Crippen molar-refractivity contribution in [3.05, 3.63) is 64.6 Å². The molecule has 0 saturated carbocycles. The molecule has 0 saturated heterocycles. The standard InChI is InChI=1S/C29H36N2O9/c1-3-30(9-13-39-15-11-32)19-5-7-21(23(34)17-19)25-27(36)26(29(38)28(25)37)22-8-6-20(18-24(22)35)31(4-2)10-14-40-16-12-33/h5-8,17-18,32-34,36H,3-4,9-16H2,1-2H3. The molecule has 3 rings (SSSR count). The topological polar surface area (TPSA) is 157 Å². The van der Waals surface area contributed by atoms with Crippen LogP contribution in [-0.4, -0.2) is 108 Å². The van der Waals surface area contributed by atoms with Crippen LogP contribution < -0.4 is 4.90 Å². The molecular formula is C29H36N2O9. The lowest BCUT2D eigenvalue weighted by Gasteiger charge is -2.25. The van der Waals surface area contributed by atoms with E-state index < -0.39 is 28.7 Å². The van der Waals surface area contributed by atoms with E-state index in [1.807, 2.05) is 23.6 Å². The zero-order valence-corrected chi connectivity index (χ0v) is 22.8. The first kappa shape index (κ1) is 30.8. The number of hydrogen-bond donors (Lipinski definition) is 4. The summed E-state index contributed by atoms with van der Waals surface area (Å²) in [5, 5.41) is 39.5. The molecule has 0 heterocycles. The number of aliphatic hydroxyl groups excluding tert-OH is 3. The van der Waals surface area contributed by atoms with E-state index in [-0.39, 0.29) is 48.9 Å². The van der Waals surface area contributed by atoms with Crippen molar-refractivity contribution in [2.75, 3.05) is 70.7 Å². The van der Waals surface area contributed by atoms with Crippen molar-refractivity contribution < 1.29 is 44.3 Å². The summed E-state index contributed by atoms with van der Waals surface area (Å²) in [5.41, 5.74) is 0.325. The molecule has 11 nitrogen and oxygen atoms in total. The highest BCUT2D eigenvalue weighted by molar-refractivity contribution is 6.63. The first-order valence-electron chi connectivity index (χ1n) is 13.2. The van der Waals surface area contributed by atoms with E-state index >= 15 is 0 Å². The molecule has 216 valence electrons. The van der Waals surface area contributed by atoms with E-state index in [9.17, 15) is 24.6 Å². The second-order valence-electron chi connectivity index (χ2n) is 8.97. The van der Waals surface area contributed by atoms with E-state index in [0.717, 1.165) is 0 Å². The van der Waals surface area contributed by atoms with Gasteiger partial charge in [-0.2, -0.15) is 0 Å². The number of Topliss-reactive ketones (excluding diaryl/α,β-unsaturated/α-hetero) is 2. The number of carbonyl (C=O) groups is 3. The molecule has 2 aliphatic carbocycles. The molecule has 0 aromatic heterocycles. The van der Waals surface area contributed by atoms with Crippen molar-refractivity contribution in [3.8, 4) is 5.75 Å². The van der Waals surface area contributed by atoms with Crippen LogP contribution in [-0.2, 0) is 23.9 Å². The zero-order valence-electron chi connectivity index (χ0n) is 22.8. The number of likely N-dealkylation sites (N-methyl/N-ethyl adjacent to an activating group) is 2. The Morgan fingerprint density at radius 2 is 1.38 bits per heavy atom. The Balaban J connectivity index is 1.87. The highest BCUT2D eigenvalue weighted by Gasteiger charge is 2.41. The third kappa shape index (κ3) is 6.86. The van der Waals surface area contributed by atoms with Gasteiger partial charge in [0.2, 0.25) is 11.6 Å². The molecule has 0 amide bonds. The monoisotopic (exact) mass is 556 g/mol. The molecule has 40 heavy (non-hydrogen) atoms. The van der Waals surface area contributed by atoms with E-state index in [4.69, 9.17) is 19.7 Å². The van der Waals surface area contributed by atoms with Crippen molar-refractivity contribution in [2.24, 2.45) is 0 Å². The van der Waals surface area contributed by atoms with Crippen LogP contribution in [0.5, 0.6) is 5.75 Å². The third-order valence-electron chi connectivity index (χ3n) is 6.60. The van der Waals surface area contributed by atoms with Crippen LogP contribution in [0.25, 0.3) is 5.57 Å². The molecule has 11 heteroatoms. The molecule has 0 bridgehead atoms. The number of nitrogens with zero attached hydrogens (tertiary/aromatic N) is 2. The maximum Gasteiger partial charge on any atom is 0.238 e. The highest BCUT2D eigenvalue weighted by atomic mass is 16.5. The maximum atomic E-state index is 13.0. The summed E-state index contributed by atoms with van der Waals surface area (Å²) in [4.78, 5) is 42.7. The van der Waals surface area contributed by atoms with Gasteiger partial charge in [0.1, 0.15) is 11.5 Å². The SMILES string of the molecule is CCN(CCOCCO)C1=CC(=O)C(=C2C(=O)C(=O)C(c3ccc(N(CC)CCOCCO)cc3O)=C2O)C=C1. The Hall–Kier alpha value is -3.77. The number of aromatic hydroxyl groups is 1. The predicted octanol–water partition coefficient (Wildman–Crippen LogP) is 1.30. The van der Waals surface area contributed by atoms with Gasteiger partial charge >= 0.3 is 0 Å². The number of allylic oxidation sites excluding steroid dienone is 6. The van der Waals surface area contributed by atoms with Crippen LogP contribution in [0.15, 0.2) is 59.0 Å². The van der Waals surface area contributed by atoms with Crippen LogP contribution in [0, 0.1) is 0 Å². The van der Waals surface area contributed by atoms with E-state index in [0.29, 0.717) is 50.8 Å². The van der Waals surface area contributed by atoms with E-state index in [2.05, 4.69) is 0 Å². The molecule has 0 radical (unpaired) electrons. The van der Waals surface area contributed by atoms with Gasteiger partial charge < -0.3 is 39.7 Å². The van der Waals surface area contributed by atoms with Gasteiger partial charge in [0, 0.05) is 60.8 Å². The molecule has 2 aliphatic rings. The number of hydrogen-bond acceptors (Lipinski definition) is 11. The maximum absolute atomic E-state index is 13.0. The summed E-state index contributed by atoms with van der Waals surface area (Å²) in [6.45, 7) is 6.92. The quantitative estimate of drug-likeness (QED) is 0.140. The summed E-state index contributed by atoms with van der Waals surface area (Å²) in [6.07, 6.45) is 4.35. The van der Waals surface area contributed by atoms with Gasteiger partial charge in [0.15, 0.2) is 5.78 Å². The van der Waals surface area contributed by atoms with Crippen LogP contribution in [0.1, 0.15) is 19.4 Å².